The monoisotopic (exact) mass is 765 g/mol. The molecule has 11 nitrogen and oxygen atoms in total. The van der Waals surface area contributed by atoms with Crippen molar-refractivity contribution in [3.8, 4) is 5.75 Å². The number of carbonyl (C=O) groups excluding carboxylic acids is 1. The summed E-state index contributed by atoms with van der Waals surface area (Å²) in [4.78, 5) is 25.1. The number of nitrogens with one attached hydrogen (secondary N) is 1. The Morgan fingerprint density at radius 3 is 2.75 bits per heavy atom. The second-order valence-electron chi connectivity index (χ2n) is 14.8. The number of aromatic nitrogens is 4. The SMILES string of the molecule is CO[C@H]1/C=C/C[C@H](C)CS(=O)(Nc2nc(Cl)nc3nn(C)cc23)=NC(=O)c2ccc3c(c2)N(C[C@H](C)[C@H]1C)C[C@@]1(CCCc2cc(Cl)ccc21)CO3. The molecule has 6 atom stereocenters. The molecule has 2 aromatic heterocycles. The Morgan fingerprint density at radius 2 is 1.94 bits per heavy atom. The van der Waals surface area contributed by atoms with Crippen molar-refractivity contribution < 1.29 is 18.5 Å². The molecule has 1 aliphatic carbocycles. The number of benzene rings is 2. The third kappa shape index (κ3) is 7.40. The van der Waals surface area contributed by atoms with Crippen LogP contribution in [-0.2, 0) is 33.5 Å². The fourth-order valence-corrected chi connectivity index (χ4v) is 10.3. The lowest BCUT2D eigenvalue weighted by atomic mass is 9.70. The standard InChI is InChI=1S/C38H45Cl2N7O4S/c1-23-8-6-10-32(50-5)25(3)24(2)18-47-21-38(15-7-9-26-16-28(39)12-13-30(26)38)22-51-33-14-11-27(17-31(33)47)36(48)45-52(49,20-23)44-35-29-19-46(4)43-34(29)41-37(40)42-35/h6,10-14,16-17,19,23-25,32H,7-9,15,18,20-22H2,1-5H3,(H,41,42,43,44,45,48,49)/b10-6+/t23-,24-,25+,32-,38-,52?/m0/s1. The van der Waals surface area contributed by atoms with Gasteiger partial charge in [0.1, 0.15) is 15.7 Å². The second kappa shape index (κ2) is 14.6. The molecule has 0 saturated heterocycles. The van der Waals surface area contributed by atoms with Crippen LogP contribution in [0.3, 0.4) is 0 Å². The summed E-state index contributed by atoms with van der Waals surface area (Å²) < 4.78 is 36.6. The Kier molecular flexibility index (Phi) is 10.3. The van der Waals surface area contributed by atoms with E-state index in [1.54, 1.807) is 31.1 Å². The van der Waals surface area contributed by atoms with E-state index in [4.69, 9.17) is 32.7 Å². The third-order valence-corrected chi connectivity index (χ3v) is 13.2. The molecule has 1 spiro atoms. The summed E-state index contributed by atoms with van der Waals surface area (Å²) >= 11 is 12.7. The molecule has 52 heavy (non-hydrogen) atoms. The van der Waals surface area contributed by atoms with E-state index in [0.29, 0.717) is 48.5 Å². The minimum atomic E-state index is -3.44. The van der Waals surface area contributed by atoms with Gasteiger partial charge in [-0.3, -0.25) is 14.2 Å². The number of anilines is 2. The number of amides is 1. The summed E-state index contributed by atoms with van der Waals surface area (Å²) in [5, 5.41) is 5.52. The number of nitrogens with zero attached hydrogens (tertiary/aromatic N) is 6. The molecule has 3 aliphatic rings. The van der Waals surface area contributed by atoms with Crippen molar-refractivity contribution in [1.29, 1.82) is 0 Å². The maximum absolute atomic E-state index is 14.9. The Morgan fingerprint density at radius 1 is 1.12 bits per heavy atom. The van der Waals surface area contributed by atoms with Crippen LogP contribution in [0.2, 0.25) is 10.3 Å². The third-order valence-electron chi connectivity index (χ3n) is 10.8. The fraction of sp³-hybridized carbons (Fsp3) is 0.474. The first-order valence-electron chi connectivity index (χ1n) is 17.8. The Balaban J connectivity index is 1.34. The van der Waals surface area contributed by atoms with Crippen molar-refractivity contribution in [3.63, 3.8) is 0 Å². The second-order valence-corrected chi connectivity index (χ2v) is 17.6. The van der Waals surface area contributed by atoms with Gasteiger partial charge in [-0.25, -0.2) is 4.21 Å². The van der Waals surface area contributed by atoms with Crippen LogP contribution in [0.25, 0.3) is 11.0 Å². The summed E-state index contributed by atoms with van der Waals surface area (Å²) in [6, 6.07) is 11.6. The normalized spacial score (nSPS) is 28.8. The molecule has 2 bridgehead atoms. The van der Waals surface area contributed by atoms with Gasteiger partial charge in [-0.2, -0.15) is 15.1 Å². The molecule has 14 heteroatoms. The van der Waals surface area contributed by atoms with E-state index in [2.05, 4.69) is 67.2 Å². The number of hydrogen-bond donors (Lipinski definition) is 1. The molecule has 2 aromatic carbocycles. The van der Waals surface area contributed by atoms with Crippen LogP contribution in [0.1, 0.15) is 61.5 Å². The maximum Gasteiger partial charge on any atom is 0.286 e. The van der Waals surface area contributed by atoms with Crippen molar-refractivity contribution in [2.45, 2.75) is 58.0 Å². The van der Waals surface area contributed by atoms with Gasteiger partial charge in [-0.05, 0) is 96.5 Å². The van der Waals surface area contributed by atoms with Crippen LogP contribution in [-0.4, -0.2) is 68.5 Å². The van der Waals surface area contributed by atoms with Crippen LogP contribution in [0, 0.1) is 17.8 Å². The minimum Gasteiger partial charge on any atom is -0.490 e. The largest absolute Gasteiger partial charge is 0.490 e. The summed E-state index contributed by atoms with van der Waals surface area (Å²) in [7, 11) is 0.0547. The van der Waals surface area contributed by atoms with Gasteiger partial charge >= 0.3 is 0 Å². The zero-order valence-electron chi connectivity index (χ0n) is 30.1. The van der Waals surface area contributed by atoms with Crippen LogP contribution in [0.5, 0.6) is 5.75 Å². The van der Waals surface area contributed by atoms with E-state index in [1.165, 1.54) is 11.1 Å². The van der Waals surface area contributed by atoms with Crippen LogP contribution >= 0.6 is 23.2 Å². The molecular weight excluding hydrogens is 721 g/mol. The first-order chi connectivity index (χ1) is 24.8. The van der Waals surface area contributed by atoms with Gasteiger partial charge in [0, 0.05) is 49.4 Å². The molecule has 0 saturated carbocycles. The number of aryl methyl sites for hydroxylation is 2. The van der Waals surface area contributed by atoms with Gasteiger partial charge < -0.3 is 14.4 Å². The molecule has 1 unspecified atom stereocenters. The highest BCUT2D eigenvalue weighted by Gasteiger charge is 2.42. The number of ether oxygens (including phenoxy) is 2. The molecule has 1 N–H and O–H groups in total. The smallest absolute Gasteiger partial charge is 0.286 e. The van der Waals surface area contributed by atoms with E-state index in [-0.39, 0.29) is 46.1 Å². The van der Waals surface area contributed by atoms with E-state index in [0.717, 1.165) is 30.0 Å². The Bertz CT molecular complexity index is 2170. The van der Waals surface area contributed by atoms with Crippen molar-refractivity contribution in [3.05, 3.63) is 81.7 Å². The number of allylic oxidation sites excluding steroid dienone is 1. The first kappa shape index (κ1) is 36.6. The van der Waals surface area contributed by atoms with Crippen molar-refractivity contribution in [2.75, 3.05) is 42.2 Å². The topological polar surface area (TPSA) is 124 Å². The van der Waals surface area contributed by atoms with Crippen molar-refractivity contribution in [2.24, 2.45) is 29.2 Å². The lowest BCUT2D eigenvalue weighted by Gasteiger charge is -2.42. The molecule has 2 aliphatic heterocycles. The summed E-state index contributed by atoms with van der Waals surface area (Å²) in [5.74, 6) is 0.629. The molecule has 0 fully saturated rings. The Hall–Kier alpha value is -3.71. The Labute approximate surface area is 315 Å². The number of fused-ring (bicyclic) bond motifs is 4. The molecule has 4 heterocycles. The number of carbonyl (C=O) groups is 1. The van der Waals surface area contributed by atoms with E-state index in [9.17, 15) is 9.00 Å². The minimum absolute atomic E-state index is 0.0616. The number of rotatable bonds is 3. The average molecular weight is 767 g/mol. The summed E-state index contributed by atoms with van der Waals surface area (Å²) in [5.41, 5.74) is 3.71. The summed E-state index contributed by atoms with van der Waals surface area (Å²) in [6.45, 7) is 8.36. The maximum atomic E-state index is 14.9. The molecule has 276 valence electrons. The van der Waals surface area contributed by atoms with Crippen LogP contribution < -0.4 is 14.4 Å². The average Bonchev–Trinajstić information content (AvgIpc) is 3.40. The van der Waals surface area contributed by atoms with Crippen molar-refractivity contribution >= 4 is 61.6 Å². The van der Waals surface area contributed by atoms with Crippen molar-refractivity contribution in [1.82, 2.24) is 19.7 Å². The number of methoxy groups -OCH3 is 1. The molecule has 4 aromatic rings. The summed E-state index contributed by atoms with van der Waals surface area (Å²) in [6.07, 6.45) is 9.31. The van der Waals surface area contributed by atoms with Crippen LogP contribution in [0.4, 0.5) is 11.5 Å². The van der Waals surface area contributed by atoms with Gasteiger partial charge in [0.2, 0.25) is 5.28 Å². The lowest BCUT2D eigenvalue weighted by molar-refractivity contribution is 0.0743. The predicted octanol–water partition coefficient (Wildman–Crippen LogP) is 7.66. The quantitative estimate of drug-likeness (QED) is 0.167. The zero-order chi connectivity index (χ0) is 36.8. The lowest BCUT2D eigenvalue weighted by Crippen LogP contribution is -2.47. The van der Waals surface area contributed by atoms with E-state index >= 15 is 0 Å². The highest BCUT2D eigenvalue weighted by atomic mass is 35.5. The van der Waals surface area contributed by atoms with Gasteiger partial charge in [-0.1, -0.05) is 50.6 Å². The van der Waals surface area contributed by atoms with Gasteiger partial charge in [0.25, 0.3) is 5.91 Å². The van der Waals surface area contributed by atoms with Gasteiger partial charge in [-0.15, -0.1) is 4.36 Å². The molecule has 1 amide bonds. The predicted molar refractivity (Wildman–Crippen MR) is 207 cm³/mol. The molecular formula is C38H45Cl2N7O4S. The highest BCUT2D eigenvalue weighted by molar-refractivity contribution is 7.95. The fourth-order valence-electron chi connectivity index (χ4n) is 7.96. The van der Waals surface area contributed by atoms with Crippen LogP contribution in [0.15, 0.2) is 59.1 Å². The first-order valence-corrected chi connectivity index (χ1v) is 20.2. The van der Waals surface area contributed by atoms with E-state index < -0.39 is 15.8 Å². The van der Waals surface area contributed by atoms with E-state index in [1.807, 2.05) is 25.1 Å². The van der Waals surface area contributed by atoms with Gasteiger partial charge in [0.15, 0.2) is 11.5 Å². The highest BCUT2D eigenvalue weighted by Crippen LogP contribution is 2.45. The zero-order valence-corrected chi connectivity index (χ0v) is 32.5. The molecule has 7 rings (SSSR count). The van der Waals surface area contributed by atoms with Gasteiger partial charge in [0.05, 0.1) is 29.5 Å². The molecule has 0 radical (unpaired) electrons. The number of halogens is 2. The number of hydrogen-bond acceptors (Lipinski definition) is 8.